The van der Waals surface area contributed by atoms with Gasteiger partial charge in [-0.25, -0.2) is 0 Å². The van der Waals surface area contributed by atoms with E-state index in [9.17, 15) is 9.59 Å². The molecule has 0 aromatic rings. The third-order valence-electron chi connectivity index (χ3n) is 2.18. The zero-order valence-electron chi connectivity index (χ0n) is 8.10. The molecule has 0 N–H and O–H groups in total. The molecule has 0 saturated heterocycles. The average molecular weight is 195 g/mol. The van der Waals surface area contributed by atoms with Crippen LogP contribution in [0.5, 0.6) is 0 Å². The molecule has 0 aliphatic carbocycles. The highest BCUT2D eigenvalue weighted by atomic mass is 16.5. The van der Waals surface area contributed by atoms with Crippen LogP contribution in [0.2, 0.25) is 0 Å². The molecule has 0 spiro atoms. The Morgan fingerprint density at radius 2 is 2.57 bits per heavy atom. The highest BCUT2D eigenvalue weighted by Gasteiger charge is 2.22. The maximum atomic E-state index is 11.0. The molecule has 0 saturated carbocycles. The number of ether oxygens (including phenoxy) is 1. The molecular formula is C10H13NO3. The second-order valence-electron chi connectivity index (χ2n) is 3.10. The Labute approximate surface area is 82.8 Å². The summed E-state index contributed by atoms with van der Waals surface area (Å²) in [6, 6.07) is -0.0212. The van der Waals surface area contributed by atoms with Crippen molar-refractivity contribution in [3.8, 4) is 0 Å². The summed E-state index contributed by atoms with van der Waals surface area (Å²) >= 11 is 0. The SMILES string of the molecule is C=CC1CC(CC(=O)OC)=CN1C=O. The standard InChI is InChI=1S/C10H13NO3/c1-3-9-4-8(5-10(13)14-2)6-11(9)7-12/h3,6-7,9H,1,4-5H2,2H3. The predicted molar refractivity (Wildman–Crippen MR) is 51.2 cm³/mol. The van der Waals surface area contributed by atoms with Gasteiger partial charge in [-0.1, -0.05) is 6.08 Å². The van der Waals surface area contributed by atoms with Crippen LogP contribution in [0, 0.1) is 0 Å². The van der Waals surface area contributed by atoms with E-state index in [0.717, 1.165) is 12.0 Å². The third kappa shape index (κ3) is 2.22. The Morgan fingerprint density at radius 3 is 3.00 bits per heavy atom. The summed E-state index contributed by atoms with van der Waals surface area (Å²) < 4.78 is 4.54. The molecule has 1 unspecified atom stereocenters. The van der Waals surface area contributed by atoms with Gasteiger partial charge in [-0.15, -0.1) is 6.58 Å². The summed E-state index contributed by atoms with van der Waals surface area (Å²) in [6.07, 6.45) is 5.00. The fourth-order valence-corrected chi connectivity index (χ4v) is 1.42. The molecule has 1 aliphatic rings. The minimum atomic E-state index is -0.285. The van der Waals surface area contributed by atoms with E-state index >= 15 is 0 Å². The summed E-state index contributed by atoms with van der Waals surface area (Å²) in [4.78, 5) is 23.1. The first kappa shape index (κ1) is 10.5. The van der Waals surface area contributed by atoms with E-state index in [2.05, 4.69) is 11.3 Å². The van der Waals surface area contributed by atoms with E-state index < -0.39 is 0 Å². The minimum Gasteiger partial charge on any atom is -0.469 e. The summed E-state index contributed by atoms with van der Waals surface area (Å²) in [7, 11) is 1.35. The van der Waals surface area contributed by atoms with Gasteiger partial charge in [0.05, 0.1) is 19.6 Å². The lowest BCUT2D eigenvalue weighted by molar-refractivity contribution is -0.139. The van der Waals surface area contributed by atoms with Crippen LogP contribution in [-0.2, 0) is 14.3 Å². The van der Waals surface area contributed by atoms with Gasteiger partial charge in [0.15, 0.2) is 0 Å². The lowest BCUT2D eigenvalue weighted by atomic mass is 10.1. The molecule has 0 radical (unpaired) electrons. The van der Waals surface area contributed by atoms with Crippen LogP contribution in [0.3, 0.4) is 0 Å². The van der Waals surface area contributed by atoms with E-state index in [0.29, 0.717) is 6.42 Å². The maximum Gasteiger partial charge on any atom is 0.309 e. The second kappa shape index (κ2) is 4.60. The number of carbonyl (C=O) groups excluding carboxylic acids is 2. The molecule has 0 bridgehead atoms. The first-order valence-electron chi connectivity index (χ1n) is 4.33. The van der Waals surface area contributed by atoms with Gasteiger partial charge in [-0.3, -0.25) is 9.59 Å². The summed E-state index contributed by atoms with van der Waals surface area (Å²) in [6.45, 7) is 3.62. The van der Waals surface area contributed by atoms with Crippen molar-refractivity contribution in [3.05, 3.63) is 24.4 Å². The molecule has 1 heterocycles. The van der Waals surface area contributed by atoms with Crippen molar-refractivity contribution >= 4 is 12.4 Å². The monoisotopic (exact) mass is 195 g/mol. The number of hydrogen-bond donors (Lipinski definition) is 0. The molecule has 4 heteroatoms. The molecule has 14 heavy (non-hydrogen) atoms. The number of esters is 1. The van der Waals surface area contributed by atoms with Crippen LogP contribution in [0.15, 0.2) is 24.4 Å². The van der Waals surface area contributed by atoms with Crippen molar-refractivity contribution in [3.63, 3.8) is 0 Å². The van der Waals surface area contributed by atoms with Crippen molar-refractivity contribution in [2.45, 2.75) is 18.9 Å². The van der Waals surface area contributed by atoms with Crippen LogP contribution >= 0.6 is 0 Å². The Bertz CT molecular complexity index is 283. The average Bonchev–Trinajstić information content (AvgIpc) is 2.59. The van der Waals surface area contributed by atoms with Crippen LogP contribution in [0.4, 0.5) is 0 Å². The van der Waals surface area contributed by atoms with Crippen LogP contribution in [0.25, 0.3) is 0 Å². The first-order valence-corrected chi connectivity index (χ1v) is 4.33. The van der Waals surface area contributed by atoms with Gasteiger partial charge in [0, 0.05) is 6.20 Å². The maximum absolute atomic E-state index is 11.0. The van der Waals surface area contributed by atoms with Crippen molar-refractivity contribution in [1.29, 1.82) is 0 Å². The van der Waals surface area contributed by atoms with Crippen molar-refractivity contribution in [2.24, 2.45) is 0 Å². The molecule has 4 nitrogen and oxygen atoms in total. The molecule has 1 atom stereocenters. The largest absolute Gasteiger partial charge is 0.469 e. The van der Waals surface area contributed by atoms with Gasteiger partial charge >= 0.3 is 5.97 Å². The van der Waals surface area contributed by atoms with Gasteiger partial charge in [0.2, 0.25) is 6.41 Å². The summed E-state index contributed by atoms with van der Waals surface area (Å²) in [5.74, 6) is -0.285. The molecule has 1 aliphatic heterocycles. The lowest BCUT2D eigenvalue weighted by Gasteiger charge is -2.13. The van der Waals surface area contributed by atoms with Crippen LogP contribution < -0.4 is 0 Å². The summed E-state index contributed by atoms with van der Waals surface area (Å²) in [5, 5.41) is 0. The molecule has 76 valence electrons. The molecule has 0 fully saturated rings. The van der Waals surface area contributed by atoms with Gasteiger partial charge in [0.1, 0.15) is 0 Å². The Kier molecular flexibility index (Phi) is 3.45. The quantitative estimate of drug-likeness (QED) is 0.379. The fraction of sp³-hybridized carbons (Fsp3) is 0.400. The van der Waals surface area contributed by atoms with E-state index in [1.807, 2.05) is 0 Å². The van der Waals surface area contributed by atoms with Crippen molar-refractivity contribution in [2.75, 3.05) is 7.11 Å². The third-order valence-corrected chi connectivity index (χ3v) is 2.18. The highest BCUT2D eigenvalue weighted by Crippen LogP contribution is 2.23. The Balaban J connectivity index is 2.61. The van der Waals surface area contributed by atoms with Crippen molar-refractivity contribution in [1.82, 2.24) is 4.90 Å². The molecule has 1 rings (SSSR count). The molecule has 0 aromatic heterocycles. The zero-order chi connectivity index (χ0) is 10.6. The highest BCUT2D eigenvalue weighted by molar-refractivity contribution is 5.72. The number of methoxy groups -OCH3 is 1. The van der Waals surface area contributed by atoms with E-state index in [1.165, 1.54) is 12.0 Å². The minimum absolute atomic E-state index is 0.0212. The number of amides is 1. The topological polar surface area (TPSA) is 46.6 Å². The summed E-state index contributed by atoms with van der Waals surface area (Å²) in [5.41, 5.74) is 0.897. The smallest absolute Gasteiger partial charge is 0.309 e. The second-order valence-corrected chi connectivity index (χ2v) is 3.10. The number of hydrogen-bond acceptors (Lipinski definition) is 3. The normalized spacial score (nSPS) is 20.2. The Morgan fingerprint density at radius 1 is 1.86 bits per heavy atom. The van der Waals surface area contributed by atoms with Crippen LogP contribution in [0.1, 0.15) is 12.8 Å². The van der Waals surface area contributed by atoms with E-state index in [4.69, 9.17) is 0 Å². The molecular weight excluding hydrogens is 182 g/mol. The van der Waals surface area contributed by atoms with Gasteiger partial charge in [0.25, 0.3) is 0 Å². The molecule has 0 aromatic carbocycles. The van der Waals surface area contributed by atoms with Crippen molar-refractivity contribution < 1.29 is 14.3 Å². The van der Waals surface area contributed by atoms with Gasteiger partial charge in [-0.05, 0) is 12.0 Å². The fourth-order valence-electron chi connectivity index (χ4n) is 1.42. The molecule has 1 amide bonds. The number of carbonyl (C=O) groups is 2. The lowest BCUT2D eigenvalue weighted by Crippen LogP contribution is -2.22. The van der Waals surface area contributed by atoms with Crippen LogP contribution in [-0.4, -0.2) is 30.4 Å². The van der Waals surface area contributed by atoms with Gasteiger partial charge < -0.3 is 9.64 Å². The number of nitrogens with zero attached hydrogens (tertiary/aromatic N) is 1. The van der Waals surface area contributed by atoms with Gasteiger partial charge in [-0.2, -0.15) is 0 Å². The zero-order valence-corrected chi connectivity index (χ0v) is 8.10. The number of rotatable bonds is 4. The predicted octanol–water partition coefficient (Wildman–Crippen LogP) is 0.850. The Hall–Kier alpha value is -1.58. The van der Waals surface area contributed by atoms with E-state index in [1.54, 1.807) is 12.3 Å². The van der Waals surface area contributed by atoms with E-state index in [-0.39, 0.29) is 18.4 Å². The first-order chi connectivity index (χ1) is 6.71.